The van der Waals surface area contributed by atoms with Crippen LogP contribution in [-0.4, -0.2) is 68.9 Å². The highest BCUT2D eigenvalue weighted by atomic mass is 32.2. The van der Waals surface area contributed by atoms with Gasteiger partial charge in [0.15, 0.2) is 0 Å². The van der Waals surface area contributed by atoms with Gasteiger partial charge in [0.05, 0.1) is 0 Å². The molecule has 1 aromatic rings. The van der Waals surface area contributed by atoms with Crippen LogP contribution in [-0.2, 0) is 10.0 Å². The summed E-state index contributed by atoms with van der Waals surface area (Å²) in [7, 11) is -1.41. The molecule has 0 atom stereocenters. The van der Waals surface area contributed by atoms with Gasteiger partial charge in [-0.15, -0.1) is 0 Å². The normalized spacial score (nSPS) is 20.6. The first kappa shape index (κ1) is 16.7. The standard InChI is InChI=1S/C16H26N4O2S/c1-3-19-8-10-20(11-9-19)23(21,22)15-6-7-16(17-12-15)18(2)13-14-4-5-14/h6-7,12,14H,3-5,8-11,13H2,1-2H3. The lowest BCUT2D eigenvalue weighted by molar-refractivity contribution is 0.196. The van der Waals surface area contributed by atoms with Crippen LogP contribution in [0.25, 0.3) is 0 Å². The number of piperazine rings is 1. The first-order valence-electron chi connectivity index (χ1n) is 8.40. The molecular weight excluding hydrogens is 312 g/mol. The smallest absolute Gasteiger partial charge is 0.244 e. The molecule has 0 N–H and O–H groups in total. The second-order valence-corrected chi connectivity index (χ2v) is 8.45. The maximum atomic E-state index is 12.7. The van der Waals surface area contributed by atoms with E-state index >= 15 is 0 Å². The van der Waals surface area contributed by atoms with Crippen LogP contribution in [0.15, 0.2) is 23.2 Å². The van der Waals surface area contributed by atoms with Crippen LogP contribution in [0.2, 0.25) is 0 Å². The molecule has 6 nitrogen and oxygen atoms in total. The van der Waals surface area contributed by atoms with Crippen molar-refractivity contribution >= 4 is 15.8 Å². The minimum atomic E-state index is -3.42. The quantitative estimate of drug-likeness (QED) is 0.781. The van der Waals surface area contributed by atoms with Crippen molar-refractivity contribution in [2.24, 2.45) is 5.92 Å². The lowest BCUT2D eigenvalue weighted by Gasteiger charge is -2.33. The van der Waals surface area contributed by atoms with Crippen molar-refractivity contribution < 1.29 is 8.42 Å². The van der Waals surface area contributed by atoms with Crippen molar-refractivity contribution in [1.82, 2.24) is 14.2 Å². The number of likely N-dealkylation sites (N-methyl/N-ethyl adjacent to an activating group) is 1. The van der Waals surface area contributed by atoms with Crippen LogP contribution in [0, 0.1) is 5.92 Å². The summed E-state index contributed by atoms with van der Waals surface area (Å²) in [5.41, 5.74) is 0. The molecule has 1 aromatic heterocycles. The number of nitrogens with zero attached hydrogens (tertiary/aromatic N) is 4. The van der Waals surface area contributed by atoms with Gasteiger partial charge in [-0.2, -0.15) is 4.31 Å². The predicted molar refractivity (Wildman–Crippen MR) is 91.1 cm³/mol. The number of pyridine rings is 1. The molecule has 23 heavy (non-hydrogen) atoms. The third-order valence-electron chi connectivity index (χ3n) is 4.76. The maximum Gasteiger partial charge on any atom is 0.244 e. The summed E-state index contributed by atoms with van der Waals surface area (Å²) in [6.45, 7) is 6.77. The number of aromatic nitrogens is 1. The Morgan fingerprint density at radius 3 is 2.43 bits per heavy atom. The summed E-state index contributed by atoms with van der Waals surface area (Å²) in [5.74, 6) is 1.62. The van der Waals surface area contributed by atoms with Crippen LogP contribution in [0.3, 0.4) is 0 Å². The molecule has 3 rings (SSSR count). The highest BCUT2D eigenvalue weighted by Gasteiger charge is 2.28. The second kappa shape index (κ2) is 6.75. The Morgan fingerprint density at radius 1 is 1.22 bits per heavy atom. The fraction of sp³-hybridized carbons (Fsp3) is 0.688. The number of rotatable bonds is 6. The average molecular weight is 338 g/mol. The summed E-state index contributed by atoms with van der Waals surface area (Å²) < 4.78 is 27.0. The Balaban J connectivity index is 1.67. The van der Waals surface area contributed by atoms with Gasteiger partial charge < -0.3 is 9.80 Å². The predicted octanol–water partition coefficient (Wildman–Crippen LogP) is 1.25. The first-order valence-corrected chi connectivity index (χ1v) is 9.84. The Hall–Kier alpha value is -1.18. The third-order valence-corrected chi connectivity index (χ3v) is 6.64. The van der Waals surface area contributed by atoms with Crippen molar-refractivity contribution in [2.45, 2.75) is 24.7 Å². The molecule has 1 saturated carbocycles. The molecule has 0 amide bonds. The second-order valence-electron chi connectivity index (χ2n) is 6.51. The van der Waals surface area contributed by atoms with Gasteiger partial charge in [0.1, 0.15) is 10.7 Å². The van der Waals surface area contributed by atoms with Gasteiger partial charge in [-0.1, -0.05) is 6.92 Å². The first-order chi connectivity index (χ1) is 11.0. The van der Waals surface area contributed by atoms with Gasteiger partial charge in [0, 0.05) is 46.0 Å². The molecular formula is C16H26N4O2S. The summed E-state index contributed by atoms with van der Waals surface area (Å²) in [4.78, 5) is 9.03. The van der Waals surface area contributed by atoms with Crippen LogP contribution in [0.5, 0.6) is 0 Å². The van der Waals surface area contributed by atoms with Crippen molar-refractivity contribution in [3.05, 3.63) is 18.3 Å². The Kier molecular flexibility index (Phi) is 4.89. The van der Waals surface area contributed by atoms with Crippen LogP contribution < -0.4 is 4.90 Å². The number of sulfonamides is 1. The van der Waals surface area contributed by atoms with E-state index in [4.69, 9.17) is 0 Å². The topological polar surface area (TPSA) is 56.8 Å². The van der Waals surface area contributed by atoms with Gasteiger partial charge in [-0.25, -0.2) is 13.4 Å². The molecule has 0 radical (unpaired) electrons. The Morgan fingerprint density at radius 2 is 1.91 bits per heavy atom. The van der Waals surface area contributed by atoms with Crippen molar-refractivity contribution in [3.63, 3.8) is 0 Å². The van der Waals surface area contributed by atoms with Crippen LogP contribution in [0.4, 0.5) is 5.82 Å². The minimum absolute atomic E-state index is 0.297. The van der Waals surface area contributed by atoms with E-state index in [1.807, 2.05) is 13.1 Å². The summed E-state index contributed by atoms with van der Waals surface area (Å²) in [5, 5.41) is 0. The van der Waals surface area contributed by atoms with E-state index in [1.54, 1.807) is 10.4 Å². The highest BCUT2D eigenvalue weighted by Crippen LogP contribution is 2.30. The zero-order valence-electron chi connectivity index (χ0n) is 14.0. The lowest BCUT2D eigenvalue weighted by Crippen LogP contribution is -2.48. The molecule has 0 spiro atoms. The van der Waals surface area contributed by atoms with Crippen LogP contribution in [0.1, 0.15) is 19.8 Å². The molecule has 1 aliphatic heterocycles. The molecule has 7 heteroatoms. The molecule has 1 saturated heterocycles. The zero-order chi connectivity index (χ0) is 16.4. The summed E-state index contributed by atoms with van der Waals surface area (Å²) in [6.07, 6.45) is 4.08. The maximum absolute atomic E-state index is 12.7. The SMILES string of the molecule is CCN1CCN(S(=O)(=O)c2ccc(N(C)CC3CC3)nc2)CC1. The molecule has 0 aromatic carbocycles. The largest absolute Gasteiger partial charge is 0.359 e. The van der Waals surface area contributed by atoms with Crippen molar-refractivity contribution in [1.29, 1.82) is 0 Å². The van der Waals surface area contributed by atoms with Crippen molar-refractivity contribution in [3.8, 4) is 0 Å². The molecule has 0 bridgehead atoms. The van der Waals surface area contributed by atoms with Gasteiger partial charge >= 0.3 is 0 Å². The van der Waals surface area contributed by atoms with Gasteiger partial charge in [-0.05, 0) is 37.4 Å². The van der Waals surface area contributed by atoms with Crippen molar-refractivity contribution in [2.75, 3.05) is 51.2 Å². The third kappa shape index (κ3) is 3.84. The summed E-state index contributed by atoms with van der Waals surface area (Å²) in [6, 6.07) is 3.50. The molecule has 128 valence electrons. The van der Waals surface area contributed by atoms with Gasteiger partial charge in [0.2, 0.25) is 10.0 Å². The minimum Gasteiger partial charge on any atom is -0.359 e. The highest BCUT2D eigenvalue weighted by molar-refractivity contribution is 7.89. The Labute approximate surface area is 139 Å². The fourth-order valence-electron chi connectivity index (χ4n) is 2.97. The zero-order valence-corrected chi connectivity index (χ0v) is 14.8. The van der Waals surface area contributed by atoms with E-state index < -0.39 is 10.0 Å². The molecule has 0 unspecified atom stereocenters. The van der Waals surface area contributed by atoms with E-state index in [0.29, 0.717) is 18.0 Å². The average Bonchev–Trinajstić information content (AvgIpc) is 3.39. The number of hydrogen-bond donors (Lipinski definition) is 0. The van der Waals surface area contributed by atoms with E-state index in [-0.39, 0.29) is 0 Å². The molecule has 1 aliphatic carbocycles. The van der Waals surface area contributed by atoms with E-state index in [2.05, 4.69) is 21.7 Å². The number of anilines is 1. The lowest BCUT2D eigenvalue weighted by atomic mass is 10.3. The molecule has 2 heterocycles. The number of hydrogen-bond acceptors (Lipinski definition) is 5. The van der Waals surface area contributed by atoms with Gasteiger partial charge in [0.25, 0.3) is 0 Å². The molecule has 2 aliphatic rings. The monoisotopic (exact) mass is 338 g/mol. The van der Waals surface area contributed by atoms with E-state index in [9.17, 15) is 8.42 Å². The fourth-order valence-corrected chi connectivity index (χ4v) is 4.34. The van der Waals surface area contributed by atoms with E-state index in [0.717, 1.165) is 37.9 Å². The van der Waals surface area contributed by atoms with E-state index in [1.165, 1.54) is 19.0 Å². The Bertz CT molecular complexity index is 620. The molecule has 2 fully saturated rings. The van der Waals surface area contributed by atoms with Gasteiger partial charge in [-0.3, -0.25) is 0 Å². The summed E-state index contributed by atoms with van der Waals surface area (Å²) >= 11 is 0. The van der Waals surface area contributed by atoms with Crippen LogP contribution >= 0.6 is 0 Å².